The lowest BCUT2D eigenvalue weighted by molar-refractivity contribution is 0.143. The SMILES string of the molecule is CC(C)CCN1CCN(C(=O)Nc2ccc3c(c2)OCCO3)CC1. The second-order valence-electron chi connectivity index (χ2n) is 6.80. The number of fused-ring (bicyclic) bond motifs is 1. The number of benzene rings is 1. The van der Waals surface area contributed by atoms with Gasteiger partial charge in [0, 0.05) is 37.9 Å². The van der Waals surface area contributed by atoms with Gasteiger partial charge < -0.3 is 19.7 Å². The van der Waals surface area contributed by atoms with Gasteiger partial charge in [-0.2, -0.15) is 0 Å². The van der Waals surface area contributed by atoms with E-state index in [-0.39, 0.29) is 6.03 Å². The summed E-state index contributed by atoms with van der Waals surface area (Å²) >= 11 is 0. The lowest BCUT2D eigenvalue weighted by Crippen LogP contribution is -2.50. The van der Waals surface area contributed by atoms with Crippen LogP contribution in [0.15, 0.2) is 18.2 Å². The molecule has 2 amide bonds. The molecule has 3 rings (SSSR count). The number of nitrogens with one attached hydrogen (secondary N) is 1. The van der Waals surface area contributed by atoms with Gasteiger partial charge in [0.05, 0.1) is 0 Å². The van der Waals surface area contributed by atoms with Gasteiger partial charge in [0.25, 0.3) is 0 Å². The van der Waals surface area contributed by atoms with Crippen LogP contribution in [0, 0.1) is 5.92 Å². The number of rotatable bonds is 4. The van der Waals surface area contributed by atoms with E-state index in [1.807, 2.05) is 23.1 Å². The summed E-state index contributed by atoms with van der Waals surface area (Å²) in [5.41, 5.74) is 0.742. The van der Waals surface area contributed by atoms with E-state index in [0.717, 1.165) is 50.1 Å². The van der Waals surface area contributed by atoms with Gasteiger partial charge >= 0.3 is 6.03 Å². The summed E-state index contributed by atoms with van der Waals surface area (Å²) in [5.74, 6) is 2.15. The van der Waals surface area contributed by atoms with Crippen molar-refractivity contribution in [1.82, 2.24) is 9.80 Å². The van der Waals surface area contributed by atoms with E-state index in [1.54, 1.807) is 0 Å². The Morgan fingerprint density at radius 3 is 2.54 bits per heavy atom. The maximum absolute atomic E-state index is 12.4. The molecule has 2 aliphatic heterocycles. The third kappa shape index (κ3) is 4.32. The number of piperazine rings is 1. The van der Waals surface area contributed by atoms with Gasteiger partial charge in [-0.3, -0.25) is 4.90 Å². The van der Waals surface area contributed by atoms with Gasteiger partial charge in [0.1, 0.15) is 13.2 Å². The van der Waals surface area contributed by atoms with E-state index in [4.69, 9.17) is 9.47 Å². The Kier molecular flexibility index (Phi) is 5.45. The van der Waals surface area contributed by atoms with E-state index >= 15 is 0 Å². The molecule has 0 spiro atoms. The molecule has 1 aromatic rings. The van der Waals surface area contributed by atoms with Crippen molar-refractivity contribution in [2.45, 2.75) is 20.3 Å². The summed E-state index contributed by atoms with van der Waals surface area (Å²) in [6.07, 6.45) is 1.21. The zero-order chi connectivity index (χ0) is 16.9. The Hall–Kier alpha value is -1.95. The molecule has 6 heteroatoms. The first-order valence-corrected chi connectivity index (χ1v) is 8.80. The van der Waals surface area contributed by atoms with Crippen molar-refractivity contribution in [2.75, 3.05) is 51.3 Å². The third-order valence-electron chi connectivity index (χ3n) is 4.48. The van der Waals surface area contributed by atoms with Crippen LogP contribution in [-0.2, 0) is 0 Å². The summed E-state index contributed by atoms with van der Waals surface area (Å²) in [6.45, 7) is 10.2. The van der Waals surface area contributed by atoms with Crippen molar-refractivity contribution < 1.29 is 14.3 Å². The number of ether oxygens (including phenoxy) is 2. The Bertz CT molecular complexity index is 569. The van der Waals surface area contributed by atoms with Gasteiger partial charge in [-0.15, -0.1) is 0 Å². The molecular weight excluding hydrogens is 306 g/mol. The summed E-state index contributed by atoms with van der Waals surface area (Å²) in [6, 6.07) is 5.47. The summed E-state index contributed by atoms with van der Waals surface area (Å²) in [7, 11) is 0. The topological polar surface area (TPSA) is 54.0 Å². The summed E-state index contributed by atoms with van der Waals surface area (Å²) < 4.78 is 11.1. The van der Waals surface area contributed by atoms with Crippen LogP contribution >= 0.6 is 0 Å². The molecular formula is C18H27N3O3. The van der Waals surface area contributed by atoms with Crippen LogP contribution in [0.5, 0.6) is 11.5 Å². The first-order valence-electron chi connectivity index (χ1n) is 8.80. The van der Waals surface area contributed by atoms with Gasteiger partial charge in [-0.1, -0.05) is 13.8 Å². The van der Waals surface area contributed by atoms with Crippen molar-refractivity contribution in [1.29, 1.82) is 0 Å². The number of urea groups is 1. The molecule has 132 valence electrons. The lowest BCUT2D eigenvalue weighted by Gasteiger charge is -2.35. The Morgan fingerprint density at radius 2 is 1.83 bits per heavy atom. The average Bonchev–Trinajstić information content (AvgIpc) is 2.60. The number of amides is 2. The zero-order valence-electron chi connectivity index (χ0n) is 14.6. The molecule has 24 heavy (non-hydrogen) atoms. The molecule has 0 aromatic heterocycles. The molecule has 6 nitrogen and oxygen atoms in total. The highest BCUT2D eigenvalue weighted by atomic mass is 16.6. The molecule has 0 saturated carbocycles. The van der Waals surface area contributed by atoms with Crippen molar-refractivity contribution in [3.05, 3.63) is 18.2 Å². The summed E-state index contributed by atoms with van der Waals surface area (Å²) in [5, 5.41) is 2.96. The number of nitrogens with zero attached hydrogens (tertiary/aromatic N) is 2. The van der Waals surface area contributed by atoms with E-state index in [0.29, 0.717) is 19.0 Å². The quantitative estimate of drug-likeness (QED) is 0.920. The van der Waals surface area contributed by atoms with Crippen molar-refractivity contribution in [3.63, 3.8) is 0 Å². The first-order chi connectivity index (χ1) is 11.6. The van der Waals surface area contributed by atoms with Crippen molar-refractivity contribution >= 4 is 11.7 Å². The molecule has 2 aliphatic rings. The standard InChI is InChI=1S/C18H27N3O3/c1-14(2)5-6-20-7-9-21(10-8-20)18(22)19-15-3-4-16-17(13-15)24-12-11-23-16/h3-4,13-14H,5-12H2,1-2H3,(H,19,22). The van der Waals surface area contributed by atoms with Gasteiger partial charge in [0.15, 0.2) is 11.5 Å². The smallest absolute Gasteiger partial charge is 0.321 e. The maximum Gasteiger partial charge on any atom is 0.321 e. The predicted molar refractivity (Wildman–Crippen MR) is 93.9 cm³/mol. The van der Waals surface area contributed by atoms with Crippen LogP contribution < -0.4 is 14.8 Å². The number of hydrogen-bond acceptors (Lipinski definition) is 4. The first kappa shape index (κ1) is 16.9. The fraction of sp³-hybridized carbons (Fsp3) is 0.611. The molecule has 0 bridgehead atoms. The highest BCUT2D eigenvalue weighted by molar-refractivity contribution is 5.89. The maximum atomic E-state index is 12.4. The molecule has 0 unspecified atom stereocenters. The highest BCUT2D eigenvalue weighted by Gasteiger charge is 2.21. The van der Waals surface area contributed by atoms with E-state index in [1.165, 1.54) is 6.42 Å². The number of carbonyl (C=O) groups is 1. The second-order valence-corrected chi connectivity index (χ2v) is 6.80. The molecule has 0 aliphatic carbocycles. The molecule has 1 N–H and O–H groups in total. The summed E-state index contributed by atoms with van der Waals surface area (Å²) in [4.78, 5) is 16.7. The van der Waals surface area contributed by atoms with Gasteiger partial charge in [-0.05, 0) is 31.0 Å². The molecule has 1 fully saturated rings. The lowest BCUT2D eigenvalue weighted by atomic mass is 10.1. The minimum absolute atomic E-state index is 0.0461. The molecule has 0 radical (unpaired) electrons. The number of hydrogen-bond donors (Lipinski definition) is 1. The average molecular weight is 333 g/mol. The fourth-order valence-corrected chi connectivity index (χ4v) is 2.94. The van der Waals surface area contributed by atoms with Gasteiger partial charge in [0.2, 0.25) is 0 Å². The van der Waals surface area contributed by atoms with E-state index in [2.05, 4.69) is 24.1 Å². The molecule has 0 atom stereocenters. The van der Waals surface area contributed by atoms with Crippen molar-refractivity contribution in [3.8, 4) is 11.5 Å². The monoisotopic (exact) mass is 333 g/mol. The molecule has 1 saturated heterocycles. The minimum atomic E-state index is -0.0461. The Balaban J connectivity index is 1.49. The largest absolute Gasteiger partial charge is 0.486 e. The van der Waals surface area contributed by atoms with Crippen LogP contribution in [-0.4, -0.2) is 61.8 Å². The molecule has 1 aromatic carbocycles. The Morgan fingerprint density at radius 1 is 1.12 bits per heavy atom. The minimum Gasteiger partial charge on any atom is -0.486 e. The number of carbonyl (C=O) groups excluding carboxylic acids is 1. The van der Waals surface area contributed by atoms with E-state index < -0.39 is 0 Å². The predicted octanol–water partition coefficient (Wildman–Crippen LogP) is 2.65. The van der Waals surface area contributed by atoms with Crippen LogP contribution in [0.25, 0.3) is 0 Å². The Labute approximate surface area is 143 Å². The van der Waals surface area contributed by atoms with Crippen LogP contribution in [0.1, 0.15) is 20.3 Å². The van der Waals surface area contributed by atoms with Gasteiger partial charge in [-0.25, -0.2) is 4.79 Å². The number of anilines is 1. The third-order valence-corrected chi connectivity index (χ3v) is 4.48. The fourth-order valence-electron chi connectivity index (χ4n) is 2.94. The van der Waals surface area contributed by atoms with Crippen molar-refractivity contribution in [2.24, 2.45) is 5.92 Å². The normalized spacial score (nSPS) is 17.9. The van der Waals surface area contributed by atoms with Crippen LogP contribution in [0.2, 0.25) is 0 Å². The second kappa shape index (κ2) is 7.75. The zero-order valence-corrected chi connectivity index (χ0v) is 14.6. The van der Waals surface area contributed by atoms with E-state index in [9.17, 15) is 4.79 Å². The van der Waals surface area contributed by atoms with Crippen LogP contribution in [0.4, 0.5) is 10.5 Å². The highest BCUT2D eigenvalue weighted by Crippen LogP contribution is 2.32. The van der Waals surface area contributed by atoms with Crippen LogP contribution in [0.3, 0.4) is 0 Å². The molecule has 2 heterocycles.